The Morgan fingerprint density at radius 1 is 1.09 bits per heavy atom. The fraction of sp³-hybridized carbons (Fsp3) is 0.158. The molecule has 0 unspecified atom stereocenters. The minimum atomic E-state index is -4.79. The molecule has 32 heavy (non-hydrogen) atoms. The van der Waals surface area contributed by atoms with E-state index in [9.17, 15) is 26.7 Å². The van der Waals surface area contributed by atoms with Crippen molar-refractivity contribution in [3.63, 3.8) is 0 Å². The van der Waals surface area contributed by atoms with Gasteiger partial charge in [0.05, 0.1) is 11.9 Å². The van der Waals surface area contributed by atoms with Crippen LogP contribution in [0.5, 0.6) is 0 Å². The summed E-state index contributed by atoms with van der Waals surface area (Å²) < 4.78 is 74.1. The normalized spacial score (nSPS) is 11.7. The number of hydrogen-bond acceptors (Lipinski definition) is 6. The third kappa shape index (κ3) is 4.08. The number of aromatic nitrogens is 5. The number of aryl methyl sites for hydroxylation is 1. The van der Waals surface area contributed by atoms with Crippen LogP contribution < -0.4 is 11.1 Å². The Hall–Kier alpha value is -4.03. The van der Waals surface area contributed by atoms with Gasteiger partial charge in [0.2, 0.25) is 0 Å². The molecule has 0 aliphatic rings. The van der Waals surface area contributed by atoms with Gasteiger partial charge in [0.25, 0.3) is 5.89 Å². The number of nitrogens with one attached hydrogen (secondary N) is 1. The lowest BCUT2D eigenvalue weighted by atomic mass is 10.2. The van der Waals surface area contributed by atoms with Crippen molar-refractivity contribution in [1.82, 2.24) is 24.5 Å². The van der Waals surface area contributed by atoms with E-state index < -0.39 is 29.3 Å². The van der Waals surface area contributed by atoms with Crippen molar-refractivity contribution in [3.8, 4) is 17.4 Å². The highest BCUT2D eigenvalue weighted by Crippen LogP contribution is 2.33. The van der Waals surface area contributed by atoms with Crippen molar-refractivity contribution in [2.24, 2.45) is 7.05 Å². The van der Waals surface area contributed by atoms with Gasteiger partial charge in [-0.2, -0.15) is 23.0 Å². The standard InChI is InChI=1S/C19H13F5N6O2/c1-29-18(31)32-17(28-29)14-7-15(19(22,23)24)30(27-14)16-6-5-10(8-26-16)25-9-11-12(20)3-2-4-13(11)21/h2-8,25H,9H2,1H3. The van der Waals surface area contributed by atoms with Gasteiger partial charge in [-0.25, -0.2) is 23.2 Å². The predicted molar refractivity (Wildman–Crippen MR) is 101 cm³/mol. The highest BCUT2D eigenvalue weighted by atomic mass is 19.4. The monoisotopic (exact) mass is 452 g/mol. The third-order valence-corrected chi connectivity index (χ3v) is 4.40. The maximum Gasteiger partial charge on any atom is 0.437 e. The second-order valence-electron chi connectivity index (χ2n) is 6.58. The van der Waals surface area contributed by atoms with Gasteiger partial charge in [0.1, 0.15) is 11.6 Å². The summed E-state index contributed by atoms with van der Waals surface area (Å²) in [6.07, 6.45) is -3.60. The molecule has 0 amide bonds. The molecular weight excluding hydrogens is 439 g/mol. The molecule has 13 heteroatoms. The summed E-state index contributed by atoms with van der Waals surface area (Å²) in [5, 5.41) is 10.3. The van der Waals surface area contributed by atoms with Crippen LogP contribution in [0.4, 0.5) is 27.6 Å². The quantitative estimate of drug-likeness (QED) is 0.466. The second kappa shape index (κ2) is 7.90. The summed E-state index contributed by atoms with van der Waals surface area (Å²) in [6, 6.07) is 6.75. The number of anilines is 1. The lowest BCUT2D eigenvalue weighted by molar-refractivity contribution is -0.142. The average molecular weight is 452 g/mol. The topological polar surface area (TPSA) is 90.8 Å². The minimum absolute atomic E-state index is 0.190. The molecule has 0 aliphatic carbocycles. The molecule has 0 spiro atoms. The first-order valence-corrected chi connectivity index (χ1v) is 8.98. The van der Waals surface area contributed by atoms with Gasteiger partial charge in [0, 0.05) is 25.2 Å². The Balaban J connectivity index is 1.62. The van der Waals surface area contributed by atoms with Gasteiger partial charge >= 0.3 is 11.9 Å². The van der Waals surface area contributed by atoms with Crippen LogP contribution in [0.3, 0.4) is 0 Å². The van der Waals surface area contributed by atoms with E-state index in [2.05, 4.69) is 20.5 Å². The van der Waals surface area contributed by atoms with E-state index in [-0.39, 0.29) is 29.5 Å². The number of hydrogen-bond donors (Lipinski definition) is 1. The summed E-state index contributed by atoms with van der Waals surface area (Å²) in [5.74, 6) is -2.90. The Labute approximate surface area is 175 Å². The van der Waals surface area contributed by atoms with E-state index in [1.165, 1.54) is 31.4 Å². The zero-order chi connectivity index (χ0) is 23.0. The van der Waals surface area contributed by atoms with Crippen molar-refractivity contribution in [2.45, 2.75) is 12.7 Å². The van der Waals surface area contributed by atoms with Crippen molar-refractivity contribution in [2.75, 3.05) is 5.32 Å². The molecule has 166 valence electrons. The minimum Gasteiger partial charge on any atom is -0.386 e. The number of pyridine rings is 1. The third-order valence-electron chi connectivity index (χ3n) is 4.40. The van der Waals surface area contributed by atoms with Crippen molar-refractivity contribution < 1.29 is 26.4 Å². The van der Waals surface area contributed by atoms with E-state index in [0.29, 0.717) is 16.4 Å². The maximum absolute atomic E-state index is 13.7. The predicted octanol–water partition coefficient (Wildman–Crippen LogP) is 3.53. The number of benzene rings is 1. The maximum atomic E-state index is 13.7. The SMILES string of the molecule is Cn1nc(-c2cc(C(F)(F)F)n(-c3ccc(NCc4c(F)cccc4F)cn3)n2)oc1=O. The first-order chi connectivity index (χ1) is 15.1. The summed E-state index contributed by atoms with van der Waals surface area (Å²) in [6.45, 7) is -0.196. The molecule has 1 N–H and O–H groups in total. The molecule has 0 aliphatic heterocycles. The zero-order valence-electron chi connectivity index (χ0n) is 16.2. The van der Waals surface area contributed by atoms with Crippen molar-refractivity contribution in [1.29, 1.82) is 0 Å². The first kappa shape index (κ1) is 21.2. The smallest absolute Gasteiger partial charge is 0.386 e. The zero-order valence-corrected chi connectivity index (χ0v) is 16.2. The van der Waals surface area contributed by atoms with Crippen LogP contribution in [-0.4, -0.2) is 24.5 Å². The largest absolute Gasteiger partial charge is 0.437 e. The molecule has 0 radical (unpaired) electrons. The van der Waals surface area contributed by atoms with Crippen LogP contribution in [0.25, 0.3) is 17.4 Å². The summed E-state index contributed by atoms with van der Waals surface area (Å²) in [5.41, 5.74) is -1.35. The molecule has 3 aromatic heterocycles. The van der Waals surface area contributed by atoms with Gasteiger partial charge in [-0.1, -0.05) is 6.07 Å². The van der Waals surface area contributed by atoms with Crippen LogP contribution in [0.2, 0.25) is 0 Å². The fourth-order valence-electron chi connectivity index (χ4n) is 2.82. The Morgan fingerprint density at radius 2 is 1.81 bits per heavy atom. The molecule has 0 atom stereocenters. The lowest BCUT2D eigenvalue weighted by Gasteiger charge is -2.11. The van der Waals surface area contributed by atoms with Gasteiger partial charge < -0.3 is 9.73 Å². The van der Waals surface area contributed by atoms with Crippen LogP contribution in [0, 0.1) is 11.6 Å². The van der Waals surface area contributed by atoms with E-state index in [1.807, 2.05) is 0 Å². The lowest BCUT2D eigenvalue weighted by Crippen LogP contribution is -2.14. The molecule has 0 saturated carbocycles. The van der Waals surface area contributed by atoms with Crippen LogP contribution in [0.1, 0.15) is 11.3 Å². The fourth-order valence-corrected chi connectivity index (χ4v) is 2.82. The molecule has 0 bridgehead atoms. The number of nitrogens with zero attached hydrogens (tertiary/aromatic N) is 5. The second-order valence-corrected chi connectivity index (χ2v) is 6.58. The van der Waals surface area contributed by atoms with Gasteiger partial charge in [-0.3, -0.25) is 0 Å². The molecule has 3 heterocycles. The average Bonchev–Trinajstić information content (AvgIpc) is 3.32. The molecule has 4 aromatic rings. The molecule has 0 saturated heterocycles. The van der Waals surface area contributed by atoms with E-state index >= 15 is 0 Å². The molecule has 8 nitrogen and oxygen atoms in total. The van der Waals surface area contributed by atoms with Crippen molar-refractivity contribution >= 4 is 5.69 Å². The number of rotatable bonds is 5. The van der Waals surface area contributed by atoms with Crippen LogP contribution >= 0.6 is 0 Å². The Kier molecular flexibility index (Phi) is 5.24. The van der Waals surface area contributed by atoms with Crippen LogP contribution in [-0.2, 0) is 19.8 Å². The first-order valence-electron chi connectivity index (χ1n) is 8.98. The summed E-state index contributed by atoms with van der Waals surface area (Å²) in [7, 11) is 1.28. The highest BCUT2D eigenvalue weighted by Gasteiger charge is 2.37. The molecule has 0 fully saturated rings. The van der Waals surface area contributed by atoms with Gasteiger partial charge in [-0.15, -0.1) is 5.10 Å². The Bertz CT molecular complexity index is 1300. The van der Waals surface area contributed by atoms with E-state index in [0.717, 1.165) is 16.8 Å². The summed E-state index contributed by atoms with van der Waals surface area (Å²) in [4.78, 5) is 15.4. The number of alkyl halides is 3. The Morgan fingerprint density at radius 3 is 2.38 bits per heavy atom. The molecule has 4 rings (SSSR count). The van der Waals surface area contributed by atoms with E-state index in [1.54, 1.807) is 0 Å². The number of halogens is 5. The van der Waals surface area contributed by atoms with Crippen LogP contribution in [0.15, 0.2) is 51.8 Å². The molecule has 1 aromatic carbocycles. The molecular formula is C19H13F5N6O2. The highest BCUT2D eigenvalue weighted by molar-refractivity contribution is 5.50. The van der Waals surface area contributed by atoms with Crippen molar-refractivity contribution in [3.05, 3.63) is 76.0 Å². The van der Waals surface area contributed by atoms with E-state index in [4.69, 9.17) is 4.42 Å². The summed E-state index contributed by atoms with van der Waals surface area (Å²) >= 11 is 0. The van der Waals surface area contributed by atoms with Gasteiger partial charge in [-0.05, 0) is 24.3 Å². The van der Waals surface area contributed by atoms with Gasteiger partial charge in [0.15, 0.2) is 17.2 Å².